The Labute approximate surface area is 135 Å². The SMILES string of the molecule is CCNC(CC(C)CC(C)(C)C)c1ccc(Cl)c(OC)c1. The van der Waals surface area contributed by atoms with Crippen LogP contribution in [0.15, 0.2) is 18.2 Å². The summed E-state index contributed by atoms with van der Waals surface area (Å²) in [6.45, 7) is 12.3. The van der Waals surface area contributed by atoms with E-state index in [4.69, 9.17) is 16.3 Å². The summed E-state index contributed by atoms with van der Waals surface area (Å²) in [6.07, 6.45) is 2.34. The van der Waals surface area contributed by atoms with Crippen molar-refractivity contribution in [3.8, 4) is 5.75 Å². The fraction of sp³-hybridized carbons (Fsp3) is 0.667. The molecule has 2 atom stereocenters. The molecule has 0 saturated carbocycles. The van der Waals surface area contributed by atoms with Crippen molar-refractivity contribution >= 4 is 11.6 Å². The van der Waals surface area contributed by atoms with Gasteiger partial charge in [-0.15, -0.1) is 0 Å². The fourth-order valence-corrected chi connectivity index (χ4v) is 3.20. The van der Waals surface area contributed by atoms with Crippen LogP contribution in [0.2, 0.25) is 5.02 Å². The number of halogens is 1. The Kier molecular flexibility index (Phi) is 7.02. The van der Waals surface area contributed by atoms with Gasteiger partial charge in [-0.2, -0.15) is 0 Å². The van der Waals surface area contributed by atoms with Gasteiger partial charge in [0, 0.05) is 6.04 Å². The third-order valence-electron chi connectivity index (χ3n) is 3.63. The summed E-state index contributed by atoms with van der Waals surface area (Å²) in [5.41, 5.74) is 1.62. The first-order valence-corrected chi connectivity index (χ1v) is 8.21. The quantitative estimate of drug-likeness (QED) is 0.721. The van der Waals surface area contributed by atoms with E-state index in [-0.39, 0.29) is 0 Å². The fourth-order valence-electron chi connectivity index (χ4n) is 3.01. The predicted octanol–water partition coefficient (Wildman–Crippen LogP) is 5.46. The lowest BCUT2D eigenvalue weighted by atomic mass is 9.82. The molecular weight excluding hydrogens is 282 g/mol. The van der Waals surface area contributed by atoms with E-state index >= 15 is 0 Å². The molecule has 3 heteroatoms. The topological polar surface area (TPSA) is 21.3 Å². The van der Waals surface area contributed by atoms with Gasteiger partial charge in [0.25, 0.3) is 0 Å². The molecule has 0 saturated heterocycles. The van der Waals surface area contributed by atoms with Crippen LogP contribution in [0.1, 0.15) is 59.1 Å². The summed E-state index contributed by atoms with van der Waals surface area (Å²) in [4.78, 5) is 0. The second-order valence-corrected chi connectivity index (χ2v) is 7.52. The van der Waals surface area contributed by atoms with Crippen molar-refractivity contribution in [2.75, 3.05) is 13.7 Å². The van der Waals surface area contributed by atoms with Crippen molar-refractivity contribution in [1.82, 2.24) is 5.32 Å². The van der Waals surface area contributed by atoms with Crippen molar-refractivity contribution < 1.29 is 4.74 Å². The first kappa shape index (κ1) is 18.3. The van der Waals surface area contributed by atoms with Crippen LogP contribution >= 0.6 is 11.6 Å². The third-order valence-corrected chi connectivity index (χ3v) is 3.94. The van der Waals surface area contributed by atoms with Crippen molar-refractivity contribution in [3.63, 3.8) is 0 Å². The molecule has 0 amide bonds. The van der Waals surface area contributed by atoms with Crippen molar-refractivity contribution in [2.24, 2.45) is 11.3 Å². The van der Waals surface area contributed by atoms with E-state index in [1.807, 2.05) is 6.07 Å². The number of nitrogens with one attached hydrogen (secondary N) is 1. The van der Waals surface area contributed by atoms with E-state index in [0.717, 1.165) is 18.7 Å². The molecule has 0 aliphatic carbocycles. The number of rotatable bonds is 7. The molecule has 0 radical (unpaired) electrons. The Morgan fingerprint density at radius 3 is 2.48 bits per heavy atom. The minimum atomic E-state index is 0.346. The van der Waals surface area contributed by atoms with Crippen LogP contribution in [0.3, 0.4) is 0 Å². The Bertz CT molecular complexity index is 439. The lowest BCUT2D eigenvalue weighted by Gasteiger charge is -2.27. The van der Waals surface area contributed by atoms with E-state index < -0.39 is 0 Å². The molecule has 1 rings (SSSR count). The molecule has 1 aromatic carbocycles. The first-order valence-electron chi connectivity index (χ1n) is 7.83. The Hall–Kier alpha value is -0.730. The van der Waals surface area contributed by atoms with E-state index in [1.54, 1.807) is 7.11 Å². The molecule has 2 nitrogen and oxygen atoms in total. The van der Waals surface area contributed by atoms with Crippen LogP contribution in [0.4, 0.5) is 0 Å². The van der Waals surface area contributed by atoms with E-state index in [2.05, 4.69) is 52.1 Å². The summed E-state index contributed by atoms with van der Waals surface area (Å²) in [5.74, 6) is 1.41. The standard InChI is InChI=1S/C18H30ClNO/c1-7-20-16(10-13(2)12-18(3,4)5)14-8-9-15(19)17(11-14)21-6/h8-9,11,13,16,20H,7,10,12H2,1-6H3. The zero-order valence-electron chi connectivity index (χ0n) is 14.3. The maximum atomic E-state index is 6.13. The molecule has 120 valence electrons. The Morgan fingerprint density at radius 1 is 1.29 bits per heavy atom. The predicted molar refractivity (Wildman–Crippen MR) is 92.3 cm³/mol. The van der Waals surface area contributed by atoms with Gasteiger partial charge in [0.1, 0.15) is 5.75 Å². The van der Waals surface area contributed by atoms with Gasteiger partial charge in [0.2, 0.25) is 0 Å². The summed E-state index contributed by atoms with van der Waals surface area (Å²) in [5, 5.41) is 4.25. The van der Waals surface area contributed by atoms with Gasteiger partial charge >= 0.3 is 0 Å². The largest absolute Gasteiger partial charge is 0.495 e. The second-order valence-electron chi connectivity index (χ2n) is 7.11. The molecule has 0 bridgehead atoms. The Morgan fingerprint density at radius 2 is 1.95 bits per heavy atom. The van der Waals surface area contributed by atoms with E-state index in [1.165, 1.54) is 12.0 Å². The molecule has 1 aromatic rings. The highest BCUT2D eigenvalue weighted by atomic mass is 35.5. The van der Waals surface area contributed by atoms with Gasteiger partial charge in [-0.25, -0.2) is 0 Å². The monoisotopic (exact) mass is 311 g/mol. The minimum absolute atomic E-state index is 0.346. The molecule has 0 fully saturated rings. The minimum Gasteiger partial charge on any atom is -0.495 e. The van der Waals surface area contributed by atoms with Crippen LogP contribution in [-0.2, 0) is 0 Å². The van der Waals surface area contributed by atoms with E-state index in [9.17, 15) is 0 Å². The highest BCUT2D eigenvalue weighted by Crippen LogP contribution is 2.33. The molecule has 0 heterocycles. The highest BCUT2D eigenvalue weighted by molar-refractivity contribution is 6.32. The maximum absolute atomic E-state index is 6.13. The van der Waals surface area contributed by atoms with Crippen LogP contribution in [0, 0.1) is 11.3 Å². The summed E-state index contributed by atoms with van der Waals surface area (Å²) in [7, 11) is 1.66. The lowest BCUT2D eigenvalue weighted by Crippen LogP contribution is -2.24. The number of ether oxygens (including phenoxy) is 1. The Balaban J connectivity index is 2.86. The highest BCUT2D eigenvalue weighted by Gasteiger charge is 2.20. The van der Waals surface area contributed by atoms with E-state index in [0.29, 0.717) is 22.4 Å². The maximum Gasteiger partial charge on any atom is 0.137 e. The summed E-state index contributed by atoms with van der Waals surface area (Å²) < 4.78 is 5.34. The first-order chi connectivity index (χ1) is 9.76. The van der Waals surface area contributed by atoms with Crippen LogP contribution < -0.4 is 10.1 Å². The molecule has 1 N–H and O–H groups in total. The molecule has 0 aliphatic heterocycles. The van der Waals surface area contributed by atoms with Crippen LogP contribution in [-0.4, -0.2) is 13.7 Å². The van der Waals surface area contributed by atoms with Gasteiger partial charge in [0.15, 0.2) is 0 Å². The molecule has 0 aliphatic rings. The van der Waals surface area contributed by atoms with Gasteiger partial charge in [-0.1, -0.05) is 52.3 Å². The van der Waals surface area contributed by atoms with Crippen molar-refractivity contribution in [1.29, 1.82) is 0 Å². The lowest BCUT2D eigenvalue weighted by molar-refractivity contribution is 0.276. The van der Waals surface area contributed by atoms with Gasteiger partial charge < -0.3 is 10.1 Å². The van der Waals surface area contributed by atoms with Gasteiger partial charge in [-0.05, 0) is 48.4 Å². The number of hydrogen-bond acceptors (Lipinski definition) is 2. The van der Waals surface area contributed by atoms with Crippen LogP contribution in [0.25, 0.3) is 0 Å². The number of methoxy groups -OCH3 is 1. The summed E-state index contributed by atoms with van der Waals surface area (Å²) >= 11 is 6.13. The van der Waals surface area contributed by atoms with Gasteiger partial charge in [-0.3, -0.25) is 0 Å². The zero-order chi connectivity index (χ0) is 16.0. The molecule has 21 heavy (non-hydrogen) atoms. The molecule has 0 spiro atoms. The smallest absolute Gasteiger partial charge is 0.137 e. The normalized spacial score (nSPS) is 14.8. The van der Waals surface area contributed by atoms with Crippen LogP contribution in [0.5, 0.6) is 5.75 Å². The molecule has 2 unspecified atom stereocenters. The average Bonchev–Trinajstić information content (AvgIpc) is 2.36. The average molecular weight is 312 g/mol. The van der Waals surface area contributed by atoms with Gasteiger partial charge in [0.05, 0.1) is 12.1 Å². The second kappa shape index (κ2) is 8.05. The number of hydrogen-bond donors (Lipinski definition) is 1. The summed E-state index contributed by atoms with van der Waals surface area (Å²) in [6, 6.07) is 6.43. The van der Waals surface area contributed by atoms with Crippen molar-refractivity contribution in [2.45, 2.75) is 53.5 Å². The molecule has 0 aromatic heterocycles. The van der Waals surface area contributed by atoms with Crippen molar-refractivity contribution in [3.05, 3.63) is 28.8 Å². The molecular formula is C18H30ClNO. The number of benzene rings is 1. The third kappa shape index (κ3) is 6.27. The zero-order valence-corrected chi connectivity index (χ0v) is 15.1.